The zero-order valence-corrected chi connectivity index (χ0v) is 20.8. The van der Waals surface area contributed by atoms with Crippen LogP contribution in [0.15, 0.2) is 36.0 Å². The Morgan fingerprint density at radius 1 is 1.29 bits per heavy atom. The molecule has 1 fully saturated rings. The quantitative estimate of drug-likeness (QED) is 0.230. The van der Waals surface area contributed by atoms with Crippen molar-refractivity contribution >= 4 is 37.8 Å². The maximum atomic E-state index is 11.6. The summed E-state index contributed by atoms with van der Waals surface area (Å²) < 4.78 is 12.4. The number of rotatable bonds is 10. The Morgan fingerprint density at radius 3 is 2.54 bits per heavy atom. The van der Waals surface area contributed by atoms with E-state index in [2.05, 4.69) is 65.1 Å². The number of esters is 1. The minimum Gasteiger partial charge on any atom is -0.458 e. The number of allylic oxidation sites excluding steroid dienone is 3. The summed E-state index contributed by atoms with van der Waals surface area (Å²) in [4.78, 5) is 11.6. The highest BCUT2D eigenvalue weighted by Crippen LogP contribution is 2.34. The third kappa shape index (κ3) is 7.77. The molecule has 0 radical (unpaired) electrons. The van der Waals surface area contributed by atoms with Gasteiger partial charge < -0.3 is 9.16 Å². The Kier molecular flexibility index (Phi) is 8.99. The number of ether oxygens (including phenoxy) is 1. The zero-order chi connectivity index (χ0) is 20.8. The molecule has 28 heavy (non-hydrogen) atoms. The normalized spacial score (nSPS) is 20.5. The Balaban J connectivity index is 1.96. The highest BCUT2D eigenvalue weighted by molar-refractivity contribution is 8.20. The summed E-state index contributed by atoms with van der Waals surface area (Å²) in [6, 6.07) is 0. The lowest BCUT2D eigenvalue weighted by molar-refractivity contribution is -0.135. The second-order valence-corrected chi connectivity index (χ2v) is 16.5. The van der Waals surface area contributed by atoms with Crippen molar-refractivity contribution in [2.45, 2.75) is 69.9 Å². The average Bonchev–Trinajstić information content (AvgIpc) is 3.27. The van der Waals surface area contributed by atoms with Crippen molar-refractivity contribution in [3.8, 4) is 0 Å². The first kappa shape index (κ1) is 23.8. The van der Waals surface area contributed by atoms with Crippen LogP contribution in [0.3, 0.4) is 0 Å². The Bertz CT molecular complexity index is 617. The first-order valence-corrected chi connectivity index (χ1v) is 15.3. The van der Waals surface area contributed by atoms with E-state index in [1.54, 1.807) is 6.08 Å². The van der Waals surface area contributed by atoms with E-state index >= 15 is 0 Å². The van der Waals surface area contributed by atoms with Crippen LogP contribution in [-0.4, -0.2) is 43.1 Å². The van der Waals surface area contributed by atoms with E-state index in [0.717, 1.165) is 18.4 Å². The molecular weight excluding hydrogens is 404 g/mol. The summed E-state index contributed by atoms with van der Waals surface area (Å²) in [5, 5.41) is 0. The first-order chi connectivity index (χ1) is 13.1. The van der Waals surface area contributed by atoms with Gasteiger partial charge in [0, 0.05) is 23.2 Å². The van der Waals surface area contributed by atoms with Crippen LogP contribution in [0, 0.1) is 5.41 Å². The molecule has 0 aromatic rings. The molecule has 0 amide bonds. The van der Waals surface area contributed by atoms with Crippen molar-refractivity contribution in [1.29, 1.82) is 0 Å². The van der Waals surface area contributed by atoms with Crippen molar-refractivity contribution < 1.29 is 14.0 Å². The molecule has 0 spiro atoms. The van der Waals surface area contributed by atoms with Crippen molar-refractivity contribution in [3.63, 3.8) is 0 Å². The molecular formula is C22H36O3S2Si. The van der Waals surface area contributed by atoms with Crippen LogP contribution < -0.4 is 0 Å². The molecule has 0 aromatic carbocycles. The van der Waals surface area contributed by atoms with Crippen molar-refractivity contribution in [2.75, 3.05) is 18.1 Å². The number of carbonyl (C=O) groups excluding carboxylic acids is 1. The third-order valence-electron chi connectivity index (χ3n) is 5.56. The minimum atomic E-state index is -1.82. The summed E-state index contributed by atoms with van der Waals surface area (Å²) in [6.45, 7) is 13.9. The fourth-order valence-corrected chi connectivity index (χ4v) is 6.82. The van der Waals surface area contributed by atoms with Crippen LogP contribution in [0.2, 0.25) is 18.6 Å². The maximum absolute atomic E-state index is 11.6. The van der Waals surface area contributed by atoms with Crippen molar-refractivity contribution in [3.05, 3.63) is 36.0 Å². The van der Waals surface area contributed by atoms with Gasteiger partial charge in [0.05, 0.1) is 10.7 Å². The maximum Gasteiger partial charge on any atom is 0.331 e. The van der Waals surface area contributed by atoms with E-state index in [4.69, 9.17) is 9.16 Å². The molecule has 0 aliphatic carbocycles. The van der Waals surface area contributed by atoms with Gasteiger partial charge in [-0.15, -0.1) is 23.5 Å². The van der Waals surface area contributed by atoms with Gasteiger partial charge in [0.25, 0.3) is 0 Å². The largest absolute Gasteiger partial charge is 0.458 e. The number of cyclic esters (lactones) is 1. The molecule has 2 rings (SSSR count). The standard InChI is InChI=1S/C22H36O3S2Si/c1-17(2)28(5,6)25-19(18-15-20(23)24-16-18)10-12-22(3,4)11-8-7-9-21-26-13-14-27-21/h7-9,11,15,17,19,21H,10,12-14,16H2,1-6H3/b9-7+,11-8+/t19-/m1/s1. The van der Waals surface area contributed by atoms with Gasteiger partial charge in [0.15, 0.2) is 8.32 Å². The molecule has 1 saturated heterocycles. The number of hydrogen-bond donors (Lipinski definition) is 0. The average molecular weight is 441 g/mol. The summed E-state index contributed by atoms with van der Waals surface area (Å²) in [6.07, 6.45) is 12.5. The highest BCUT2D eigenvalue weighted by atomic mass is 32.2. The molecule has 0 saturated carbocycles. The van der Waals surface area contributed by atoms with E-state index < -0.39 is 8.32 Å². The summed E-state index contributed by atoms with van der Waals surface area (Å²) in [7, 11) is -1.82. The molecule has 1 atom stereocenters. The van der Waals surface area contributed by atoms with Gasteiger partial charge in [0.2, 0.25) is 0 Å². The fourth-order valence-electron chi connectivity index (χ4n) is 2.94. The second-order valence-electron chi connectivity index (χ2n) is 9.07. The molecule has 3 nitrogen and oxygen atoms in total. The summed E-state index contributed by atoms with van der Waals surface area (Å²) in [5.41, 5.74) is 1.61. The lowest BCUT2D eigenvalue weighted by Crippen LogP contribution is -2.39. The smallest absolute Gasteiger partial charge is 0.331 e. The Hall–Kier alpha value is -0.433. The lowest BCUT2D eigenvalue weighted by Gasteiger charge is -2.34. The predicted octanol–water partition coefficient (Wildman–Crippen LogP) is 6.19. The van der Waals surface area contributed by atoms with Gasteiger partial charge in [-0.25, -0.2) is 4.79 Å². The third-order valence-corrected chi connectivity index (χ3v) is 12.2. The van der Waals surface area contributed by atoms with E-state index in [1.807, 2.05) is 23.5 Å². The molecule has 0 N–H and O–H groups in total. The van der Waals surface area contributed by atoms with Crippen molar-refractivity contribution in [1.82, 2.24) is 0 Å². The molecule has 0 aromatic heterocycles. The lowest BCUT2D eigenvalue weighted by atomic mass is 9.85. The zero-order valence-electron chi connectivity index (χ0n) is 18.2. The number of hydrogen-bond acceptors (Lipinski definition) is 5. The molecule has 0 unspecified atom stereocenters. The SMILES string of the molecule is CC(C)[Si](C)(C)O[C@H](CCC(C)(C)/C=C/C=C/C1SCCS1)C1=CC(=O)OC1. The topological polar surface area (TPSA) is 35.5 Å². The van der Waals surface area contributed by atoms with Crippen LogP contribution in [0.1, 0.15) is 40.5 Å². The van der Waals surface area contributed by atoms with Gasteiger partial charge in [-0.05, 0) is 36.9 Å². The van der Waals surface area contributed by atoms with E-state index in [9.17, 15) is 4.79 Å². The number of carbonyl (C=O) groups is 1. The highest BCUT2D eigenvalue weighted by Gasteiger charge is 2.34. The van der Waals surface area contributed by atoms with Crippen LogP contribution in [0.25, 0.3) is 0 Å². The molecule has 0 bridgehead atoms. The van der Waals surface area contributed by atoms with Crippen LogP contribution >= 0.6 is 23.5 Å². The van der Waals surface area contributed by atoms with Gasteiger partial charge in [-0.2, -0.15) is 0 Å². The van der Waals surface area contributed by atoms with Crippen LogP contribution in [-0.2, 0) is 14.0 Å². The molecule has 2 aliphatic heterocycles. The molecule has 6 heteroatoms. The van der Waals surface area contributed by atoms with Crippen LogP contribution in [0.4, 0.5) is 0 Å². The van der Waals surface area contributed by atoms with Gasteiger partial charge >= 0.3 is 5.97 Å². The monoisotopic (exact) mass is 440 g/mol. The van der Waals surface area contributed by atoms with E-state index in [-0.39, 0.29) is 17.5 Å². The predicted molar refractivity (Wildman–Crippen MR) is 126 cm³/mol. The fraction of sp³-hybridized carbons (Fsp3) is 0.682. The molecule has 2 heterocycles. The Labute approximate surface area is 180 Å². The van der Waals surface area contributed by atoms with Crippen LogP contribution in [0.5, 0.6) is 0 Å². The van der Waals surface area contributed by atoms with Crippen molar-refractivity contribution in [2.24, 2.45) is 5.41 Å². The van der Waals surface area contributed by atoms with Gasteiger partial charge in [-0.3, -0.25) is 0 Å². The number of thioether (sulfide) groups is 2. The summed E-state index contributed by atoms with van der Waals surface area (Å²) in [5.74, 6) is 2.28. The first-order valence-electron chi connectivity index (χ1n) is 10.2. The van der Waals surface area contributed by atoms with E-state index in [1.165, 1.54) is 11.5 Å². The molecule has 2 aliphatic rings. The molecule has 158 valence electrons. The summed E-state index contributed by atoms with van der Waals surface area (Å²) >= 11 is 4.04. The van der Waals surface area contributed by atoms with Gasteiger partial charge in [-0.1, -0.05) is 52.0 Å². The Morgan fingerprint density at radius 2 is 1.96 bits per heavy atom. The van der Waals surface area contributed by atoms with E-state index in [0.29, 0.717) is 16.7 Å². The second kappa shape index (κ2) is 10.6. The van der Waals surface area contributed by atoms with Gasteiger partial charge in [0.1, 0.15) is 6.61 Å². The minimum absolute atomic E-state index is 0.0231.